The lowest BCUT2D eigenvalue weighted by Gasteiger charge is -2.06. The van der Waals surface area contributed by atoms with Crippen LogP contribution in [-0.4, -0.2) is 4.92 Å². The van der Waals surface area contributed by atoms with Crippen molar-refractivity contribution in [2.24, 2.45) is 0 Å². The minimum absolute atomic E-state index is 0.0569. The van der Waals surface area contributed by atoms with Gasteiger partial charge in [0.05, 0.1) is 4.92 Å². The predicted molar refractivity (Wildman–Crippen MR) is 66.8 cm³/mol. The van der Waals surface area contributed by atoms with E-state index in [4.69, 9.17) is 0 Å². The molecule has 0 amide bonds. The standard InChI is InChI=1S/C13H11FN2O2/c14-11-5-3-6-12(8-11)15-9-10-4-1-2-7-13(10)16(17)18/h1-8,15H,9H2. The van der Waals surface area contributed by atoms with Gasteiger partial charge in [-0.2, -0.15) is 0 Å². The van der Waals surface area contributed by atoms with Crippen molar-refractivity contribution in [1.29, 1.82) is 0 Å². The number of hydrogen-bond donors (Lipinski definition) is 1. The maximum absolute atomic E-state index is 13.0. The molecule has 92 valence electrons. The van der Waals surface area contributed by atoms with Crippen molar-refractivity contribution in [3.63, 3.8) is 0 Å². The topological polar surface area (TPSA) is 55.2 Å². The smallest absolute Gasteiger partial charge is 0.274 e. The first-order valence-corrected chi connectivity index (χ1v) is 5.38. The Bertz CT molecular complexity index is 572. The molecule has 2 aromatic rings. The van der Waals surface area contributed by atoms with Gasteiger partial charge in [-0.15, -0.1) is 0 Å². The van der Waals surface area contributed by atoms with Crippen LogP contribution in [0.3, 0.4) is 0 Å². The number of hydrogen-bond acceptors (Lipinski definition) is 3. The normalized spacial score (nSPS) is 10.1. The summed E-state index contributed by atoms with van der Waals surface area (Å²) in [5, 5.41) is 13.8. The van der Waals surface area contributed by atoms with E-state index >= 15 is 0 Å². The first kappa shape index (κ1) is 12.0. The van der Waals surface area contributed by atoms with E-state index in [0.29, 0.717) is 11.3 Å². The summed E-state index contributed by atoms with van der Waals surface area (Å²) in [6.07, 6.45) is 0. The van der Waals surface area contributed by atoms with E-state index in [9.17, 15) is 14.5 Å². The number of nitro benzene ring substituents is 1. The molecule has 0 radical (unpaired) electrons. The average Bonchev–Trinajstić information content (AvgIpc) is 2.37. The molecule has 2 rings (SSSR count). The molecule has 0 fully saturated rings. The Morgan fingerprint density at radius 3 is 2.67 bits per heavy atom. The highest BCUT2D eigenvalue weighted by Crippen LogP contribution is 2.19. The van der Waals surface area contributed by atoms with Gasteiger partial charge in [-0.1, -0.05) is 24.3 Å². The summed E-state index contributed by atoms with van der Waals surface area (Å²) in [5.74, 6) is -0.345. The Morgan fingerprint density at radius 2 is 1.94 bits per heavy atom. The van der Waals surface area contributed by atoms with Crippen molar-refractivity contribution < 1.29 is 9.31 Å². The van der Waals surface area contributed by atoms with Crippen LogP contribution in [0, 0.1) is 15.9 Å². The molecule has 4 nitrogen and oxygen atoms in total. The van der Waals surface area contributed by atoms with Crippen LogP contribution in [0.15, 0.2) is 48.5 Å². The van der Waals surface area contributed by atoms with Crippen LogP contribution in [0.5, 0.6) is 0 Å². The molecule has 0 spiro atoms. The van der Waals surface area contributed by atoms with Gasteiger partial charge in [0.15, 0.2) is 0 Å². The van der Waals surface area contributed by atoms with Gasteiger partial charge in [0, 0.05) is 23.9 Å². The molecule has 0 aliphatic carbocycles. The fourth-order valence-corrected chi connectivity index (χ4v) is 1.63. The van der Waals surface area contributed by atoms with Crippen LogP contribution < -0.4 is 5.32 Å². The zero-order valence-corrected chi connectivity index (χ0v) is 9.47. The minimum Gasteiger partial charge on any atom is -0.381 e. The monoisotopic (exact) mass is 246 g/mol. The largest absolute Gasteiger partial charge is 0.381 e. The van der Waals surface area contributed by atoms with Crippen LogP contribution in [0.1, 0.15) is 5.56 Å². The summed E-state index contributed by atoms with van der Waals surface area (Å²) in [7, 11) is 0. The van der Waals surface area contributed by atoms with E-state index in [2.05, 4.69) is 5.32 Å². The van der Waals surface area contributed by atoms with Crippen molar-refractivity contribution >= 4 is 11.4 Å². The van der Waals surface area contributed by atoms with Gasteiger partial charge < -0.3 is 5.32 Å². The van der Waals surface area contributed by atoms with E-state index in [1.807, 2.05) is 0 Å². The van der Waals surface area contributed by atoms with E-state index in [-0.39, 0.29) is 18.0 Å². The second-order valence-corrected chi connectivity index (χ2v) is 3.75. The molecule has 0 heterocycles. The molecular formula is C13H11FN2O2. The molecule has 0 aliphatic rings. The van der Waals surface area contributed by atoms with E-state index < -0.39 is 4.92 Å². The number of nitrogens with zero attached hydrogens (tertiary/aromatic N) is 1. The lowest BCUT2D eigenvalue weighted by Crippen LogP contribution is -2.03. The first-order valence-electron chi connectivity index (χ1n) is 5.38. The number of nitrogens with one attached hydrogen (secondary N) is 1. The SMILES string of the molecule is O=[N+]([O-])c1ccccc1CNc1cccc(F)c1. The second-order valence-electron chi connectivity index (χ2n) is 3.75. The molecule has 0 aliphatic heterocycles. The van der Waals surface area contributed by atoms with Crippen LogP contribution in [0.25, 0.3) is 0 Å². The Balaban J connectivity index is 2.13. The van der Waals surface area contributed by atoms with E-state index in [1.165, 1.54) is 18.2 Å². The van der Waals surface area contributed by atoms with Gasteiger partial charge in [0.1, 0.15) is 5.82 Å². The molecule has 2 aromatic carbocycles. The molecule has 0 bridgehead atoms. The Kier molecular flexibility index (Phi) is 3.52. The quantitative estimate of drug-likeness (QED) is 0.664. The van der Waals surface area contributed by atoms with Crippen molar-refractivity contribution in [3.05, 3.63) is 70.0 Å². The van der Waals surface area contributed by atoms with Crippen LogP contribution >= 0.6 is 0 Å². The number of rotatable bonds is 4. The van der Waals surface area contributed by atoms with Crippen LogP contribution in [0.2, 0.25) is 0 Å². The maximum Gasteiger partial charge on any atom is 0.274 e. The predicted octanol–water partition coefficient (Wildman–Crippen LogP) is 3.35. The van der Waals surface area contributed by atoms with Crippen molar-refractivity contribution in [3.8, 4) is 0 Å². The number of halogens is 1. The fourth-order valence-electron chi connectivity index (χ4n) is 1.63. The molecular weight excluding hydrogens is 235 g/mol. The number of benzene rings is 2. The zero-order valence-electron chi connectivity index (χ0n) is 9.47. The van der Waals surface area contributed by atoms with Crippen molar-refractivity contribution in [2.75, 3.05) is 5.32 Å². The Hall–Kier alpha value is -2.43. The summed E-state index contributed by atoms with van der Waals surface area (Å²) in [6.45, 7) is 0.278. The van der Waals surface area contributed by atoms with Gasteiger partial charge in [-0.3, -0.25) is 10.1 Å². The molecule has 18 heavy (non-hydrogen) atoms. The van der Waals surface area contributed by atoms with E-state index in [1.54, 1.807) is 30.3 Å². The van der Waals surface area contributed by atoms with Gasteiger partial charge >= 0.3 is 0 Å². The summed E-state index contributed by atoms with van der Waals surface area (Å²) < 4.78 is 13.0. The first-order chi connectivity index (χ1) is 8.66. The Morgan fingerprint density at radius 1 is 1.17 bits per heavy atom. The summed E-state index contributed by atoms with van der Waals surface area (Å²) in [6, 6.07) is 12.4. The number of para-hydroxylation sites is 1. The highest BCUT2D eigenvalue weighted by atomic mass is 19.1. The summed E-state index contributed by atoms with van der Waals surface area (Å²) in [5.41, 5.74) is 1.21. The number of anilines is 1. The van der Waals surface area contributed by atoms with Gasteiger partial charge in [0.25, 0.3) is 5.69 Å². The minimum atomic E-state index is -0.428. The molecule has 0 saturated heterocycles. The summed E-state index contributed by atoms with van der Waals surface area (Å²) in [4.78, 5) is 10.4. The third-order valence-corrected chi connectivity index (χ3v) is 2.50. The van der Waals surface area contributed by atoms with Crippen LogP contribution in [0.4, 0.5) is 15.8 Å². The maximum atomic E-state index is 13.0. The third kappa shape index (κ3) is 2.82. The fraction of sp³-hybridized carbons (Fsp3) is 0.0769. The molecule has 1 N–H and O–H groups in total. The molecule has 5 heteroatoms. The lowest BCUT2D eigenvalue weighted by atomic mass is 10.2. The molecule has 0 atom stereocenters. The van der Waals surface area contributed by atoms with Crippen LogP contribution in [-0.2, 0) is 6.54 Å². The summed E-state index contributed by atoms with van der Waals surface area (Å²) >= 11 is 0. The highest BCUT2D eigenvalue weighted by Gasteiger charge is 2.11. The van der Waals surface area contributed by atoms with Gasteiger partial charge in [-0.05, 0) is 18.2 Å². The average molecular weight is 246 g/mol. The lowest BCUT2D eigenvalue weighted by molar-refractivity contribution is -0.385. The zero-order chi connectivity index (χ0) is 13.0. The van der Waals surface area contributed by atoms with Crippen molar-refractivity contribution in [1.82, 2.24) is 0 Å². The van der Waals surface area contributed by atoms with E-state index in [0.717, 1.165) is 0 Å². The van der Waals surface area contributed by atoms with Crippen molar-refractivity contribution in [2.45, 2.75) is 6.54 Å². The van der Waals surface area contributed by atoms with Gasteiger partial charge in [0.2, 0.25) is 0 Å². The molecule has 0 aromatic heterocycles. The molecule has 0 unspecified atom stereocenters. The Labute approximate surface area is 103 Å². The van der Waals surface area contributed by atoms with Gasteiger partial charge in [-0.25, -0.2) is 4.39 Å². The second kappa shape index (κ2) is 5.27. The molecule has 0 saturated carbocycles. The highest BCUT2D eigenvalue weighted by molar-refractivity contribution is 5.47. The third-order valence-electron chi connectivity index (χ3n) is 2.50. The number of nitro groups is 1.